The predicted molar refractivity (Wildman–Crippen MR) is 110 cm³/mol. The number of piperidine rings is 1. The summed E-state index contributed by atoms with van der Waals surface area (Å²) in [5.74, 6) is -1.06. The highest BCUT2D eigenvalue weighted by Gasteiger charge is 2.45. The number of nitriles is 1. The fourth-order valence-corrected chi connectivity index (χ4v) is 5.08. The van der Waals surface area contributed by atoms with Gasteiger partial charge in [0.1, 0.15) is 6.07 Å². The van der Waals surface area contributed by atoms with E-state index in [1.165, 1.54) is 0 Å². The van der Waals surface area contributed by atoms with Crippen molar-refractivity contribution >= 4 is 10.9 Å². The van der Waals surface area contributed by atoms with Crippen molar-refractivity contribution in [1.82, 2.24) is 15.6 Å². The van der Waals surface area contributed by atoms with Gasteiger partial charge in [0, 0.05) is 17.6 Å². The molecule has 2 aliphatic rings. The van der Waals surface area contributed by atoms with Gasteiger partial charge < -0.3 is 10.6 Å². The summed E-state index contributed by atoms with van der Waals surface area (Å²) in [7, 11) is 0. The Bertz CT molecular complexity index is 915. The third-order valence-corrected chi connectivity index (χ3v) is 6.63. The van der Waals surface area contributed by atoms with E-state index in [9.17, 15) is 18.4 Å². The molecule has 0 spiro atoms. The first-order chi connectivity index (χ1) is 14.5. The van der Waals surface area contributed by atoms with Crippen LogP contribution in [0.4, 0.5) is 13.2 Å². The number of benzene rings is 1. The molecule has 1 saturated heterocycles. The molecule has 2 aromatic rings. The van der Waals surface area contributed by atoms with Crippen LogP contribution in [0.25, 0.3) is 10.9 Å². The Labute approximate surface area is 174 Å². The van der Waals surface area contributed by atoms with Crippen LogP contribution in [0.15, 0.2) is 30.5 Å². The number of aromatic nitrogens is 1. The van der Waals surface area contributed by atoms with Crippen molar-refractivity contribution in [3.05, 3.63) is 41.6 Å². The van der Waals surface area contributed by atoms with E-state index in [0.29, 0.717) is 23.4 Å². The molecule has 160 valence electrons. The second-order valence-corrected chi connectivity index (χ2v) is 8.67. The van der Waals surface area contributed by atoms with E-state index >= 15 is 0 Å². The lowest BCUT2D eigenvalue weighted by atomic mass is 9.74. The van der Waals surface area contributed by atoms with Crippen molar-refractivity contribution in [1.29, 1.82) is 5.26 Å². The number of halogens is 3. The highest BCUT2D eigenvalue weighted by atomic mass is 19.4. The highest BCUT2D eigenvalue weighted by molar-refractivity contribution is 5.87. The van der Waals surface area contributed by atoms with Crippen LogP contribution in [0.3, 0.4) is 0 Å². The van der Waals surface area contributed by atoms with Gasteiger partial charge in [-0.2, -0.15) is 18.4 Å². The summed E-state index contributed by atoms with van der Waals surface area (Å²) in [5.41, 5.74) is 1.90. The van der Waals surface area contributed by atoms with Crippen LogP contribution >= 0.6 is 0 Å². The molecule has 1 aromatic heterocycles. The van der Waals surface area contributed by atoms with Gasteiger partial charge in [-0.15, -0.1) is 0 Å². The van der Waals surface area contributed by atoms with Gasteiger partial charge in [-0.1, -0.05) is 12.1 Å². The van der Waals surface area contributed by atoms with Gasteiger partial charge in [0.25, 0.3) is 0 Å². The second-order valence-electron chi connectivity index (χ2n) is 8.67. The highest BCUT2D eigenvalue weighted by Crippen LogP contribution is 2.45. The van der Waals surface area contributed by atoms with Crippen LogP contribution in [0.1, 0.15) is 49.1 Å². The molecule has 2 N–H and O–H groups in total. The number of alkyl halides is 3. The van der Waals surface area contributed by atoms with E-state index in [1.807, 2.05) is 12.1 Å². The van der Waals surface area contributed by atoms with E-state index in [1.54, 1.807) is 18.3 Å². The molecule has 0 radical (unpaired) electrons. The Morgan fingerprint density at radius 2 is 2.07 bits per heavy atom. The number of pyridine rings is 1. The Morgan fingerprint density at radius 1 is 1.20 bits per heavy atom. The Hall–Kier alpha value is -2.17. The van der Waals surface area contributed by atoms with Crippen molar-refractivity contribution in [2.75, 3.05) is 19.6 Å². The second kappa shape index (κ2) is 8.91. The number of hydrogen-bond acceptors (Lipinski definition) is 4. The third kappa shape index (κ3) is 4.60. The average molecular weight is 416 g/mol. The average Bonchev–Trinajstić information content (AvgIpc) is 2.77. The van der Waals surface area contributed by atoms with Crippen LogP contribution in [0.5, 0.6) is 0 Å². The van der Waals surface area contributed by atoms with Crippen molar-refractivity contribution in [2.45, 2.75) is 50.2 Å². The molecule has 1 aliphatic carbocycles. The molecule has 0 bridgehead atoms. The topological polar surface area (TPSA) is 60.7 Å². The summed E-state index contributed by atoms with van der Waals surface area (Å²) < 4.78 is 41.2. The SMILES string of the molecule is N#Cc1ccc(C2C[C@H](NCC3CCCNC3)C[C@H](C(F)(F)F)C2)c2cccnc12. The molecule has 4 rings (SSSR count). The molecule has 2 fully saturated rings. The minimum absolute atomic E-state index is 0.0859. The lowest BCUT2D eigenvalue weighted by Crippen LogP contribution is -2.44. The summed E-state index contributed by atoms with van der Waals surface area (Å²) in [4.78, 5) is 4.32. The molecule has 2 heterocycles. The molecular weight excluding hydrogens is 389 g/mol. The summed E-state index contributed by atoms with van der Waals surface area (Å²) in [6, 6.07) is 9.14. The number of nitrogens with one attached hydrogen (secondary N) is 2. The zero-order valence-electron chi connectivity index (χ0n) is 16.9. The molecular formula is C23H27F3N4. The summed E-state index contributed by atoms with van der Waals surface area (Å²) in [6.45, 7) is 2.71. The Kier molecular flexibility index (Phi) is 6.26. The monoisotopic (exact) mass is 416 g/mol. The van der Waals surface area contributed by atoms with Gasteiger partial charge in [0.05, 0.1) is 17.0 Å². The first-order valence-electron chi connectivity index (χ1n) is 10.7. The molecule has 1 aliphatic heterocycles. The minimum Gasteiger partial charge on any atom is -0.316 e. The van der Waals surface area contributed by atoms with Gasteiger partial charge in [0.15, 0.2) is 0 Å². The standard InChI is InChI=1S/C23H27F3N4/c24-23(25,26)18-9-17(10-19(11-18)30-14-15-3-1-7-28-13-15)20-6-5-16(12-27)22-21(20)4-2-8-29-22/h2,4-6,8,15,17-19,28,30H,1,3,7,9-11,13-14H2/t15?,17?,18-,19+/m1/s1. The quantitative estimate of drug-likeness (QED) is 0.770. The Morgan fingerprint density at radius 3 is 2.80 bits per heavy atom. The van der Waals surface area contributed by atoms with E-state index in [0.717, 1.165) is 43.4 Å². The first kappa shape index (κ1) is 21.1. The van der Waals surface area contributed by atoms with Crippen molar-refractivity contribution in [2.24, 2.45) is 11.8 Å². The normalized spacial score (nSPS) is 27.7. The van der Waals surface area contributed by atoms with Crippen LogP contribution in [0.2, 0.25) is 0 Å². The number of nitrogens with zero attached hydrogens (tertiary/aromatic N) is 2. The summed E-state index contributed by atoms with van der Waals surface area (Å²) >= 11 is 0. The van der Waals surface area contributed by atoms with Gasteiger partial charge in [-0.05, 0) is 81.3 Å². The molecule has 4 atom stereocenters. The zero-order valence-corrected chi connectivity index (χ0v) is 16.9. The molecule has 7 heteroatoms. The van der Waals surface area contributed by atoms with Crippen LogP contribution in [0, 0.1) is 23.2 Å². The van der Waals surface area contributed by atoms with E-state index in [-0.39, 0.29) is 24.8 Å². The predicted octanol–water partition coefficient (Wildman–Crippen LogP) is 4.51. The maximum atomic E-state index is 13.7. The fraction of sp³-hybridized carbons (Fsp3) is 0.565. The minimum atomic E-state index is -4.20. The van der Waals surface area contributed by atoms with E-state index < -0.39 is 12.1 Å². The molecule has 30 heavy (non-hydrogen) atoms. The van der Waals surface area contributed by atoms with Gasteiger partial charge in [-0.25, -0.2) is 0 Å². The van der Waals surface area contributed by atoms with Crippen molar-refractivity contribution in [3.8, 4) is 6.07 Å². The number of fused-ring (bicyclic) bond motifs is 1. The maximum Gasteiger partial charge on any atom is 0.391 e. The van der Waals surface area contributed by atoms with Crippen LogP contribution < -0.4 is 10.6 Å². The maximum absolute atomic E-state index is 13.7. The largest absolute Gasteiger partial charge is 0.391 e. The molecule has 0 amide bonds. The van der Waals surface area contributed by atoms with Crippen molar-refractivity contribution < 1.29 is 13.2 Å². The Balaban J connectivity index is 1.59. The lowest BCUT2D eigenvalue weighted by Gasteiger charge is -2.38. The fourth-order valence-electron chi connectivity index (χ4n) is 5.08. The first-order valence-corrected chi connectivity index (χ1v) is 10.7. The number of rotatable bonds is 4. The molecule has 1 aromatic carbocycles. The molecule has 2 unspecified atom stereocenters. The van der Waals surface area contributed by atoms with Crippen molar-refractivity contribution in [3.63, 3.8) is 0 Å². The number of hydrogen-bond donors (Lipinski definition) is 2. The lowest BCUT2D eigenvalue weighted by molar-refractivity contribution is -0.185. The summed E-state index contributed by atoms with van der Waals surface area (Å²) in [6.07, 6.45) is 0.540. The van der Waals surface area contributed by atoms with Gasteiger partial charge >= 0.3 is 6.18 Å². The summed E-state index contributed by atoms with van der Waals surface area (Å²) in [5, 5.41) is 17.0. The van der Waals surface area contributed by atoms with Crippen LogP contribution in [-0.4, -0.2) is 36.8 Å². The smallest absolute Gasteiger partial charge is 0.316 e. The van der Waals surface area contributed by atoms with E-state index in [4.69, 9.17) is 0 Å². The molecule has 1 saturated carbocycles. The van der Waals surface area contributed by atoms with Crippen LogP contribution in [-0.2, 0) is 0 Å². The van der Waals surface area contributed by atoms with Gasteiger partial charge in [0.2, 0.25) is 0 Å². The molecule has 4 nitrogen and oxygen atoms in total. The van der Waals surface area contributed by atoms with Gasteiger partial charge in [-0.3, -0.25) is 4.98 Å². The zero-order chi connectivity index (χ0) is 21.1. The third-order valence-electron chi connectivity index (χ3n) is 6.63. The van der Waals surface area contributed by atoms with E-state index in [2.05, 4.69) is 21.7 Å².